The molecule has 2 rings (SSSR count). The molecule has 8 heteroatoms. The van der Waals surface area contributed by atoms with Crippen molar-refractivity contribution in [1.82, 2.24) is 15.5 Å². The monoisotopic (exact) mass is 322 g/mol. The maximum absolute atomic E-state index is 11.8. The van der Waals surface area contributed by atoms with Gasteiger partial charge in [-0.2, -0.15) is 16.7 Å². The van der Waals surface area contributed by atoms with Crippen LogP contribution in [0.3, 0.4) is 0 Å². The minimum atomic E-state index is -0.339. The van der Waals surface area contributed by atoms with E-state index in [9.17, 15) is 4.79 Å². The van der Waals surface area contributed by atoms with E-state index in [0.717, 1.165) is 5.75 Å². The lowest BCUT2D eigenvalue weighted by molar-refractivity contribution is 0.249. The number of carbonyl (C=O) groups excluding carboxylic acids is 1. The van der Waals surface area contributed by atoms with Crippen LogP contribution < -0.4 is 15.4 Å². The number of nitrogens with one attached hydrogen (secondary N) is 2. The lowest BCUT2D eigenvalue weighted by Gasteiger charge is -2.07. The molecule has 118 valence electrons. The zero-order chi connectivity index (χ0) is 15.8. The third-order valence-corrected chi connectivity index (χ3v) is 3.15. The highest BCUT2D eigenvalue weighted by atomic mass is 32.2. The van der Waals surface area contributed by atoms with Crippen molar-refractivity contribution in [3.63, 3.8) is 0 Å². The Morgan fingerprint density at radius 1 is 1.36 bits per heavy atom. The van der Waals surface area contributed by atoms with Crippen LogP contribution in [0.1, 0.15) is 18.6 Å². The summed E-state index contributed by atoms with van der Waals surface area (Å²) in [6.45, 7) is 2.71. The first kappa shape index (κ1) is 16.2. The fraction of sp³-hybridized carbons (Fsp3) is 0.357. The molecule has 7 nitrogen and oxygen atoms in total. The number of benzene rings is 1. The van der Waals surface area contributed by atoms with Crippen LogP contribution in [0.25, 0.3) is 0 Å². The van der Waals surface area contributed by atoms with Crippen LogP contribution in [0.2, 0.25) is 0 Å². The Morgan fingerprint density at radius 2 is 2.14 bits per heavy atom. The molecule has 0 saturated carbocycles. The molecule has 22 heavy (non-hydrogen) atoms. The van der Waals surface area contributed by atoms with Crippen molar-refractivity contribution < 1.29 is 14.1 Å². The van der Waals surface area contributed by atoms with Gasteiger partial charge in [0.25, 0.3) is 0 Å². The summed E-state index contributed by atoms with van der Waals surface area (Å²) in [4.78, 5) is 15.9. The predicted octanol–water partition coefficient (Wildman–Crippen LogP) is 2.65. The van der Waals surface area contributed by atoms with Gasteiger partial charge in [0.05, 0.1) is 18.9 Å². The smallest absolute Gasteiger partial charge is 0.319 e. The van der Waals surface area contributed by atoms with Gasteiger partial charge < -0.3 is 19.9 Å². The van der Waals surface area contributed by atoms with Gasteiger partial charge in [0.1, 0.15) is 5.75 Å². The third-order valence-electron chi connectivity index (χ3n) is 2.61. The molecule has 2 N–H and O–H groups in total. The van der Waals surface area contributed by atoms with E-state index in [1.165, 1.54) is 0 Å². The molecular weight excluding hydrogens is 304 g/mol. The average Bonchev–Trinajstić information content (AvgIpc) is 2.96. The van der Waals surface area contributed by atoms with Crippen LogP contribution in [-0.2, 0) is 12.3 Å². The largest absolute Gasteiger partial charge is 0.494 e. The number of hydrogen-bond donors (Lipinski definition) is 2. The number of nitrogens with zero attached hydrogens (tertiary/aromatic N) is 2. The minimum absolute atomic E-state index is 0.185. The summed E-state index contributed by atoms with van der Waals surface area (Å²) in [5, 5.41) is 9.17. The molecule has 1 aromatic carbocycles. The lowest BCUT2D eigenvalue weighted by atomic mass is 10.3. The summed E-state index contributed by atoms with van der Waals surface area (Å²) in [5.74, 6) is 2.45. The summed E-state index contributed by atoms with van der Waals surface area (Å²) < 4.78 is 10.4. The van der Waals surface area contributed by atoms with Crippen LogP contribution in [0.5, 0.6) is 5.75 Å². The molecular formula is C14H18N4O3S. The Labute approximate surface area is 132 Å². The predicted molar refractivity (Wildman–Crippen MR) is 85.0 cm³/mol. The molecule has 0 saturated heterocycles. The molecule has 0 aliphatic carbocycles. The summed E-state index contributed by atoms with van der Waals surface area (Å²) in [7, 11) is 0. The molecule has 2 aromatic rings. The van der Waals surface area contributed by atoms with E-state index in [0.29, 0.717) is 29.8 Å². The van der Waals surface area contributed by atoms with Crippen molar-refractivity contribution in [3.05, 3.63) is 36.0 Å². The maximum Gasteiger partial charge on any atom is 0.319 e. The van der Waals surface area contributed by atoms with Crippen molar-refractivity contribution in [2.75, 3.05) is 18.2 Å². The van der Waals surface area contributed by atoms with Crippen LogP contribution in [0.15, 0.2) is 28.8 Å². The quantitative estimate of drug-likeness (QED) is 0.814. The topological polar surface area (TPSA) is 89.3 Å². The number of rotatable bonds is 7. The van der Waals surface area contributed by atoms with Crippen molar-refractivity contribution in [2.45, 2.75) is 19.2 Å². The average molecular weight is 322 g/mol. The summed E-state index contributed by atoms with van der Waals surface area (Å²) in [6.07, 6.45) is 1.96. The summed E-state index contributed by atoms with van der Waals surface area (Å²) in [6, 6.07) is 6.80. The van der Waals surface area contributed by atoms with Gasteiger partial charge >= 0.3 is 6.03 Å². The standard InChI is InChI=1S/C14H18N4O3S/c1-3-20-11-6-4-10(5-7-11)16-14(19)15-8-13-17-12(9-22-2)18-21-13/h4-7H,3,8-9H2,1-2H3,(H2,15,16,19). The summed E-state index contributed by atoms with van der Waals surface area (Å²) in [5.41, 5.74) is 0.676. The van der Waals surface area contributed by atoms with Gasteiger partial charge in [-0.3, -0.25) is 0 Å². The Balaban J connectivity index is 1.79. The summed E-state index contributed by atoms with van der Waals surface area (Å²) >= 11 is 1.60. The van der Waals surface area contributed by atoms with Gasteiger partial charge in [0, 0.05) is 5.69 Å². The SMILES string of the molecule is CCOc1ccc(NC(=O)NCc2nc(CSC)no2)cc1. The first-order chi connectivity index (χ1) is 10.7. The van der Waals surface area contributed by atoms with Crippen LogP contribution >= 0.6 is 11.8 Å². The second kappa shape index (κ2) is 8.28. The van der Waals surface area contributed by atoms with Crippen molar-refractivity contribution >= 4 is 23.5 Å². The van der Waals surface area contributed by atoms with Gasteiger partial charge in [-0.25, -0.2) is 4.79 Å². The second-order valence-electron chi connectivity index (χ2n) is 4.30. The van der Waals surface area contributed by atoms with Crippen molar-refractivity contribution in [3.8, 4) is 5.75 Å². The number of thioether (sulfide) groups is 1. The lowest BCUT2D eigenvalue weighted by Crippen LogP contribution is -2.28. The number of urea groups is 1. The van der Waals surface area contributed by atoms with Gasteiger partial charge in [0.15, 0.2) is 5.82 Å². The molecule has 0 fully saturated rings. The fourth-order valence-corrected chi connectivity index (χ4v) is 2.06. The highest BCUT2D eigenvalue weighted by Gasteiger charge is 2.08. The van der Waals surface area contributed by atoms with E-state index >= 15 is 0 Å². The molecule has 0 bridgehead atoms. The molecule has 0 unspecified atom stereocenters. The molecule has 0 aliphatic heterocycles. The normalized spacial score (nSPS) is 10.3. The van der Waals surface area contributed by atoms with E-state index in [2.05, 4.69) is 20.8 Å². The number of ether oxygens (including phenoxy) is 1. The minimum Gasteiger partial charge on any atom is -0.494 e. The van der Waals surface area contributed by atoms with Gasteiger partial charge in [-0.05, 0) is 37.4 Å². The maximum atomic E-state index is 11.8. The first-order valence-electron chi connectivity index (χ1n) is 6.79. The van der Waals surface area contributed by atoms with Gasteiger partial charge in [0.2, 0.25) is 5.89 Å². The van der Waals surface area contributed by atoms with Crippen molar-refractivity contribution in [2.24, 2.45) is 0 Å². The third kappa shape index (κ3) is 4.96. The Morgan fingerprint density at radius 3 is 2.82 bits per heavy atom. The van der Waals surface area contributed by atoms with Crippen LogP contribution in [0.4, 0.5) is 10.5 Å². The molecule has 1 heterocycles. The zero-order valence-electron chi connectivity index (χ0n) is 12.5. The number of carbonyl (C=O) groups is 1. The highest BCUT2D eigenvalue weighted by molar-refractivity contribution is 7.97. The molecule has 0 atom stereocenters. The van der Waals surface area contributed by atoms with E-state index in [-0.39, 0.29) is 12.6 Å². The number of amides is 2. The van der Waals surface area contributed by atoms with E-state index in [1.54, 1.807) is 36.0 Å². The van der Waals surface area contributed by atoms with E-state index in [1.807, 2.05) is 13.2 Å². The first-order valence-corrected chi connectivity index (χ1v) is 8.18. The Kier molecular flexibility index (Phi) is 6.08. The number of hydrogen-bond acceptors (Lipinski definition) is 6. The molecule has 1 aromatic heterocycles. The van der Waals surface area contributed by atoms with Gasteiger partial charge in [-0.1, -0.05) is 5.16 Å². The zero-order valence-corrected chi connectivity index (χ0v) is 13.3. The number of aromatic nitrogens is 2. The van der Waals surface area contributed by atoms with Gasteiger partial charge in [-0.15, -0.1) is 0 Å². The fourth-order valence-electron chi connectivity index (χ4n) is 1.68. The Hall–Kier alpha value is -2.22. The van der Waals surface area contributed by atoms with E-state index in [4.69, 9.17) is 9.26 Å². The van der Waals surface area contributed by atoms with Crippen LogP contribution in [0, 0.1) is 0 Å². The molecule has 2 amide bonds. The molecule has 0 aliphatic rings. The highest BCUT2D eigenvalue weighted by Crippen LogP contribution is 2.15. The molecule has 0 radical (unpaired) electrons. The van der Waals surface area contributed by atoms with E-state index < -0.39 is 0 Å². The Bertz CT molecular complexity index is 600. The molecule has 0 spiro atoms. The van der Waals surface area contributed by atoms with Crippen molar-refractivity contribution in [1.29, 1.82) is 0 Å². The second-order valence-corrected chi connectivity index (χ2v) is 5.17. The van der Waals surface area contributed by atoms with Crippen LogP contribution in [-0.4, -0.2) is 29.0 Å². The number of anilines is 1.